The monoisotopic (exact) mass is 352 g/mol. The van der Waals surface area contributed by atoms with Crippen molar-refractivity contribution >= 4 is 38.6 Å². The van der Waals surface area contributed by atoms with Crippen molar-refractivity contribution in [2.75, 3.05) is 0 Å². The van der Waals surface area contributed by atoms with Gasteiger partial charge in [-0.05, 0) is 36.8 Å². The van der Waals surface area contributed by atoms with Gasteiger partial charge in [-0.25, -0.2) is 9.37 Å². The van der Waals surface area contributed by atoms with Crippen LogP contribution in [0.1, 0.15) is 11.4 Å². The molecule has 5 heteroatoms. The Labute approximate surface area is 129 Å². The molecule has 1 heterocycles. The Bertz CT molecular complexity index is 798. The Morgan fingerprint density at radius 2 is 2.00 bits per heavy atom. The van der Waals surface area contributed by atoms with Crippen molar-refractivity contribution in [1.82, 2.24) is 9.55 Å². The van der Waals surface area contributed by atoms with Gasteiger partial charge in [0.15, 0.2) is 5.82 Å². The summed E-state index contributed by atoms with van der Waals surface area (Å²) in [7, 11) is 0. The van der Waals surface area contributed by atoms with Crippen LogP contribution in [0.2, 0.25) is 0 Å². The maximum Gasteiger partial charge on any atom is 0.151 e. The predicted molar refractivity (Wildman–Crippen MR) is 83.0 cm³/mol. The number of hydrogen-bond donors (Lipinski definition) is 0. The molecule has 0 saturated carbocycles. The van der Waals surface area contributed by atoms with Crippen molar-refractivity contribution in [2.24, 2.45) is 0 Å². The van der Waals surface area contributed by atoms with Crippen LogP contribution in [0.5, 0.6) is 0 Å². The topological polar surface area (TPSA) is 17.8 Å². The number of rotatable bonds is 2. The van der Waals surface area contributed by atoms with Crippen molar-refractivity contribution in [1.29, 1.82) is 0 Å². The van der Waals surface area contributed by atoms with E-state index in [4.69, 9.17) is 11.6 Å². The highest BCUT2D eigenvalue weighted by atomic mass is 79.9. The van der Waals surface area contributed by atoms with Crippen LogP contribution >= 0.6 is 27.5 Å². The summed E-state index contributed by atoms with van der Waals surface area (Å²) in [4.78, 5) is 4.32. The molecule has 2 nitrogen and oxygen atoms in total. The molecule has 0 atom stereocenters. The van der Waals surface area contributed by atoms with Crippen LogP contribution in [-0.2, 0) is 5.88 Å². The molecule has 102 valence electrons. The van der Waals surface area contributed by atoms with Crippen LogP contribution in [0, 0.1) is 12.7 Å². The number of fused-ring (bicyclic) bond motifs is 1. The first-order valence-corrected chi connectivity index (χ1v) is 7.43. The molecule has 20 heavy (non-hydrogen) atoms. The van der Waals surface area contributed by atoms with E-state index < -0.39 is 0 Å². The van der Waals surface area contributed by atoms with Crippen LogP contribution in [0.25, 0.3) is 16.7 Å². The summed E-state index contributed by atoms with van der Waals surface area (Å²) in [5.74, 6) is 0.522. The van der Waals surface area contributed by atoms with Gasteiger partial charge in [-0.3, -0.25) is 4.57 Å². The lowest BCUT2D eigenvalue weighted by Gasteiger charge is -2.12. The second-order valence-electron chi connectivity index (χ2n) is 4.49. The Balaban J connectivity index is 2.41. The summed E-state index contributed by atoms with van der Waals surface area (Å²) in [5.41, 5.74) is 3.08. The highest BCUT2D eigenvalue weighted by Gasteiger charge is 2.16. The molecule has 2 aromatic carbocycles. The molecule has 0 amide bonds. The SMILES string of the molecule is Cc1c(Br)cccc1-n1c(CCl)nc2c(F)cccc21. The van der Waals surface area contributed by atoms with E-state index in [-0.39, 0.29) is 11.7 Å². The van der Waals surface area contributed by atoms with Crippen molar-refractivity contribution in [3.63, 3.8) is 0 Å². The molecule has 0 spiro atoms. The zero-order valence-corrected chi connectivity index (χ0v) is 13.0. The number of alkyl halides is 1. The highest BCUT2D eigenvalue weighted by molar-refractivity contribution is 9.10. The van der Waals surface area contributed by atoms with Crippen molar-refractivity contribution in [3.05, 3.63) is 58.1 Å². The van der Waals surface area contributed by atoms with Crippen molar-refractivity contribution in [3.8, 4) is 5.69 Å². The van der Waals surface area contributed by atoms with Gasteiger partial charge in [-0.15, -0.1) is 11.6 Å². The Kier molecular flexibility index (Phi) is 3.52. The summed E-state index contributed by atoms with van der Waals surface area (Å²) >= 11 is 9.50. The lowest BCUT2D eigenvalue weighted by atomic mass is 10.2. The first-order valence-electron chi connectivity index (χ1n) is 6.10. The third kappa shape index (κ3) is 2.03. The minimum atomic E-state index is -0.333. The van der Waals surface area contributed by atoms with E-state index in [0.717, 1.165) is 21.2 Å². The van der Waals surface area contributed by atoms with Gasteiger partial charge in [0.1, 0.15) is 11.3 Å². The van der Waals surface area contributed by atoms with E-state index in [1.165, 1.54) is 6.07 Å². The number of aromatic nitrogens is 2. The summed E-state index contributed by atoms with van der Waals surface area (Å²) in [6.45, 7) is 2.00. The van der Waals surface area contributed by atoms with E-state index in [1.54, 1.807) is 6.07 Å². The van der Waals surface area contributed by atoms with Gasteiger partial charge in [-0.1, -0.05) is 28.1 Å². The molecule has 0 bridgehead atoms. The standard InChI is InChI=1S/C15H11BrClFN2/c1-9-10(16)4-2-6-12(9)20-13-7-3-5-11(18)15(13)19-14(20)8-17/h2-7H,8H2,1H3. The van der Waals surface area contributed by atoms with E-state index in [1.807, 2.05) is 35.8 Å². The third-order valence-corrected chi connectivity index (χ3v) is 4.40. The minimum Gasteiger partial charge on any atom is -0.295 e. The van der Waals surface area contributed by atoms with Gasteiger partial charge in [0.05, 0.1) is 17.1 Å². The second kappa shape index (κ2) is 5.19. The number of hydrogen-bond acceptors (Lipinski definition) is 1. The molecule has 0 fully saturated rings. The molecule has 1 aromatic heterocycles. The van der Waals surface area contributed by atoms with Gasteiger partial charge in [0, 0.05) is 4.47 Å². The lowest BCUT2D eigenvalue weighted by Crippen LogP contribution is -2.01. The maximum atomic E-state index is 13.9. The average molecular weight is 354 g/mol. The number of benzene rings is 2. The Morgan fingerprint density at radius 3 is 2.75 bits per heavy atom. The molecule has 0 saturated heterocycles. The van der Waals surface area contributed by atoms with Gasteiger partial charge >= 0.3 is 0 Å². The summed E-state index contributed by atoms with van der Waals surface area (Å²) in [6, 6.07) is 10.8. The Morgan fingerprint density at radius 1 is 1.25 bits per heavy atom. The van der Waals surface area contributed by atoms with Crippen molar-refractivity contribution in [2.45, 2.75) is 12.8 Å². The van der Waals surface area contributed by atoms with Gasteiger partial charge in [0.25, 0.3) is 0 Å². The second-order valence-corrected chi connectivity index (χ2v) is 5.61. The zero-order valence-electron chi connectivity index (χ0n) is 10.7. The smallest absolute Gasteiger partial charge is 0.151 e. The van der Waals surface area contributed by atoms with Crippen molar-refractivity contribution < 1.29 is 4.39 Å². The number of halogens is 3. The molecular weight excluding hydrogens is 343 g/mol. The fraction of sp³-hybridized carbons (Fsp3) is 0.133. The molecule has 3 aromatic rings. The fourth-order valence-corrected chi connectivity index (χ4v) is 2.84. The van der Waals surface area contributed by atoms with Crippen LogP contribution in [0.15, 0.2) is 40.9 Å². The molecule has 0 unspecified atom stereocenters. The Hall–Kier alpha value is -1.39. The van der Waals surface area contributed by atoms with Crippen LogP contribution in [0.4, 0.5) is 4.39 Å². The quantitative estimate of drug-likeness (QED) is 0.594. The van der Waals surface area contributed by atoms with Gasteiger partial charge in [0.2, 0.25) is 0 Å². The van der Waals surface area contributed by atoms with E-state index in [0.29, 0.717) is 11.3 Å². The number of imidazole rings is 1. The molecular formula is C15H11BrClFN2. The third-order valence-electron chi connectivity index (χ3n) is 3.30. The van der Waals surface area contributed by atoms with Gasteiger partial charge in [-0.2, -0.15) is 0 Å². The summed E-state index contributed by atoms with van der Waals surface area (Å²) in [5, 5.41) is 0. The van der Waals surface area contributed by atoms with Crippen LogP contribution in [0.3, 0.4) is 0 Å². The van der Waals surface area contributed by atoms with Crippen LogP contribution in [-0.4, -0.2) is 9.55 Å². The molecule has 0 aliphatic heterocycles. The molecule has 0 aliphatic rings. The highest BCUT2D eigenvalue weighted by Crippen LogP contribution is 2.29. The molecule has 0 radical (unpaired) electrons. The van der Waals surface area contributed by atoms with E-state index in [2.05, 4.69) is 20.9 Å². The lowest BCUT2D eigenvalue weighted by molar-refractivity contribution is 0.637. The zero-order chi connectivity index (χ0) is 14.3. The van der Waals surface area contributed by atoms with E-state index >= 15 is 0 Å². The predicted octanol–water partition coefficient (Wildman–Crippen LogP) is 4.97. The summed E-state index contributed by atoms with van der Waals surface area (Å²) < 4.78 is 16.8. The normalized spacial score (nSPS) is 11.2. The van der Waals surface area contributed by atoms with E-state index in [9.17, 15) is 4.39 Å². The number of para-hydroxylation sites is 1. The fourth-order valence-electron chi connectivity index (χ4n) is 2.31. The van der Waals surface area contributed by atoms with Gasteiger partial charge < -0.3 is 0 Å². The number of nitrogens with zero attached hydrogens (tertiary/aromatic N) is 2. The molecule has 3 rings (SSSR count). The molecule has 0 aliphatic carbocycles. The largest absolute Gasteiger partial charge is 0.295 e. The average Bonchev–Trinajstić information content (AvgIpc) is 2.82. The van der Waals surface area contributed by atoms with Crippen LogP contribution < -0.4 is 0 Å². The first kappa shape index (κ1) is 13.6. The molecule has 0 N–H and O–H groups in total. The summed E-state index contributed by atoms with van der Waals surface area (Å²) in [6.07, 6.45) is 0. The first-order chi connectivity index (χ1) is 9.63. The minimum absolute atomic E-state index is 0.222. The maximum absolute atomic E-state index is 13.9.